The Balaban J connectivity index is 2.04. The van der Waals surface area contributed by atoms with Crippen LogP contribution in [0.4, 0.5) is 5.69 Å². The quantitative estimate of drug-likeness (QED) is 0.786. The Morgan fingerprint density at radius 1 is 1.32 bits per heavy atom. The Bertz CT molecular complexity index is 613. The molecule has 1 atom stereocenters. The molecule has 6 nitrogen and oxygen atoms in total. The summed E-state index contributed by atoms with van der Waals surface area (Å²) >= 11 is 0. The molecule has 1 fully saturated rings. The van der Waals surface area contributed by atoms with Gasteiger partial charge in [0, 0.05) is 31.8 Å². The Hall–Kier alpha value is -1.44. The number of carbonyl (C=O) groups excluding carboxylic acids is 1. The van der Waals surface area contributed by atoms with Crippen LogP contribution in [0, 0.1) is 5.92 Å². The van der Waals surface area contributed by atoms with Crippen LogP contribution in [0.15, 0.2) is 29.2 Å². The minimum absolute atomic E-state index is 0.0431. The summed E-state index contributed by atoms with van der Waals surface area (Å²) in [6.07, 6.45) is 1.94. The monoisotopic (exact) mass is 326 g/mol. The van der Waals surface area contributed by atoms with Crippen molar-refractivity contribution in [2.75, 3.05) is 24.6 Å². The summed E-state index contributed by atoms with van der Waals surface area (Å²) in [7, 11) is -3.56. The molecule has 22 heavy (non-hydrogen) atoms. The van der Waals surface area contributed by atoms with E-state index in [1.165, 1.54) is 12.1 Å². The fraction of sp³-hybridized carbons (Fsp3) is 0.533. The summed E-state index contributed by atoms with van der Waals surface area (Å²) in [5, 5.41) is 8.83. The number of nitrogens with one attached hydrogen (secondary N) is 1. The third-order valence-electron chi connectivity index (χ3n) is 3.78. The van der Waals surface area contributed by atoms with E-state index in [4.69, 9.17) is 5.11 Å². The van der Waals surface area contributed by atoms with E-state index in [0.717, 1.165) is 12.1 Å². The minimum atomic E-state index is -3.56. The summed E-state index contributed by atoms with van der Waals surface area (Å²) < 4.78 is 26.9. The fourth-order valence-electron chi connectivity index (χ4n) is 2.38. The lowest BCUT2D eigenvalue weighted by Crippen LogP contribution is -2.29. The molecule has 2 rings (SSSR count). The Labute approximate surface area is 131 Å². The summed E-state index contributed by atoms with van der Waals surface area (Å²) in [6.45, 7) is 2.89. The smallest absolute Gasteiger partial charge is 0.240 e. The molecule has 0 bridgehead atoms. The van der Waals surface area contributed by atoms with Gasteiger partial charge in [-0.15, -0.1) is 0 Å². The van der Waals surface area contributed by atoms with E-state index in [-0.39, 0.29) is 29.9 Å². The maximum atomic E-state index is 12.2. The number of amides is 1. The molecular formula is C15H22N2O4S. The predicted molar refractivity (Wildman–Crippen MR) is 84.1 cm³/mol. The van der Waals surface area contributed by atoms with Crippen LogP contribution in [0.1, 0.15) is 26.2 Å². The highest BCUT2D eigenvalue weighted by Crippen LogP contribution is 2.22. The maximum absolute atomic E-state index is 12.2. The van der Waals surface area contributed by atoms with Crippen LogP contribution < -0.4 is 9.62 Å². The van der Waals surface area contributed by atoms with Gasteiger partial charge in [0.15, 0.2) is 0 Å². The van der Waals surface area contributed by atoms with E-state index in [1.807, 2.05) is 6.92 Å². The van der Waals surface area contributed by atoms with Gasteiger partial charge in [0.05, 0.1) is 4.90 Å². The van der Waals surface area contributed by atoms with Crippen molar-refractivity contribution in [3.05, 3.63) is 24.3 Å². The first-order valence-electron chi connectivity index (χ1n) is 7.45. The topological polar surface area (TPSA) is 86.7 Å². The van der Waals surface area contributed by atoms with E-state index in [9.17, 15) is 13.2 Å². The largest absolute Gasteiger partial charge is 0.396 e. The zero-order chi connectivity index (χ0) is 16.2. The predicted octanol–water partition coefficient (Wildman–Crippen LogP) is 1.11. The Morgan fingerprint density at radius 2 is 2.00 bits per heavy atom. The van der Waals surface area contributed by atoms with Gasteiger partial charge in [-0.3, -0.25) is 4.79 Å². The van der Waals surface area contributed by atoms with Crippen LogP contribution in [0.2, 0.25) is 0 Å². The van der Waals surface area contributed by atoms with Crippen LogP contribution >= 0.6 is 0 Å². The third kappa shape index (κ3) is 4.06. The van der Waals surface area contributed by atoms with Gasteiger partial charge in [0.25, 0.3) is 0 Å². The molecule has 0 radical (unpaired) electrons. The van der Waals surface area contributed by atoms with Crippen molar-refractivity contribution in [1.82, 2.24) is 4.72 Å². The number of benzene rings is 1. The molecular weight excluding hydrogens is 304 g/mol. The molecule has 1 saturated heterocycles. The standard InChI is InChI=1S/C15H22N2O4S/c1-12(8-10-18)11-16-22(20,21)14-6-4-13(5-7-14)17-9-2-3-15(17)19/h4-7,12,16,18H,2-3,8-11H2,1H3/t12-/m0/s1. The molecule has 1 aromatic rings. The zero-order valence-corrected chi connectivity index (χ0v) is 13.5. The Morgan fingerprint density at radius 3 is 2.55 bits per heavy atom. The van der Waals surface area contributed by atoms with Gasteiger partial charge in [0.2, 0.25) is 15.9 Å². The third-order valence-corrected chi connectivity index (χ3v) is 5.22. The van der Waals surface area contributed by atoms with Crippen molar-refractivity contribution in [3.8, 4) is 0 Å². The highest BCUT2D eigenvalue weighted by Gasteiger charge is 2.22. The van der Waals surface area contributed by atoms with Gasteiger partial charge in [0.1, 0.15) is 0 Å². The number of sulfonamides is 1. The van der Waals surface area contributed by atoms with E-state index >= 15 is 0 Å². The van der Waals surface area contributed by atoms with Gasteiger partial charge in [-0.05, 0) is 43.0 Å². The second kappa shape index (κ2) is 7.21. The van der Waals surface area contributed by atoms with Gasteiger partial charge >= 0.3 is 0 Å². The molecule has 1 aliphatic heterocycles. The average molecular weight is 326 g/mol. The average Bonchev–Trinajstić information content (AvgIpc) is 2.92. The van der Waals surface area contributed by atoms with Gasteiger partial charge in [-0.25, -0.2) is 13.1 Å². The molecule has 122 valence electrons. The van der Waals surface area contributed by atoms with Crippen LogP contribution in [-0.4, -0.2) is 39.1 Å². The highest BCUT2D eigenvalue weighted by molar-refractivity contribution is 7.89. The van der Waals surface area contributed by atoms with Crippen molar-refractivity contribution in [3.63, 3.8) is 0 Å². The molecule has 1 amide bonds. The lowest BCUT2D eigenvalue weighted by atomic mass is 10.1. The summed E-state index contributed by atoms with van der Waals surface area (Å²) in [5.41, 5.74) is 0.732. The second-order valence-corrected chi connectivity index (χ2v) is 7.38. The molecule has 0 aromatic heterocycles. The van der Waals surface area contributed by atoms with E-state index in [2.05, 4.69) is 4.72 Å². The molecule has 1 aromatic carbocycles. The van der Waals surface area contributed by atoms with Crippen LogP contribution in [0.25, 0.3) is 0 Å². The summed E-state index contributed by atoms with van der Waals surface area (Å²) in [4.78, 5) is 13.5. The molecule has 0 unspecified atom stereocenters. The molecule has 0 spiro atoms. The first-order valence-corrected chi connectivity index (χ1v) is 8.93. The zero-order valence-electron chi connectivity index (χ0n) is 12.7. The van der Waals surface area contributed by atoms with Gasteiger partial charge in [-0.2, -0.15) is 0 Å². The highest BCUT2D eigenvalue weighted by atomic mass is 32.2. The number of aliphatic hydroxyl groups is 1. The maximum Gasteiger partial charge on any atom is 0.240 e. The van der Waals surface area contributed by atoms with E-state index in [1.54, 1.807) is 17.0 Å². The number of rotatable bonds is 7. The number of hydrogen-bond acceptors (Lipinski definition) is 4. The van der Waals surface area contributed by atoms with Crippen molar-refractivity contribution in [2.24, 2.45) is 5.92 Å². The SMILES string of the molecule is C[C@@H](CCO)CNS(=O)(=O)c1ccc(N2CCCC2=O)cc1. The number of carbonyl (C=O) groups is 1. The van der Waals surface area contributed by atoms with E-state index in [0.29, 0.717) is 19.4 Å². The minimum Gasteiger partial charge on any atom is -0.396 e. The number of hydrogen-bond donors (Lipinski definition) is 2. The molecule has 7 heteroatoms. The molecule has 1 aliphatic rings. The normalized spacial score (nSPS) is 17.0. The van der Waals surface area contributed by atoms with Crippen molar-refractivity contribution >= 4 is 21.6 Å². The lowest BCUT2D eigenvalue weighted by Gasteiger charge is -2.16. The summed E-state index contributed by atoms with van der Waals surface area (Å²) in [6, 6.07) is 6.35. The number of aliphatic hydroxyl groups excluding tert-OH is 1. The number of nitrogens with zero attached hydrogens (tertiary/aromatic N) is 1. The van der Waals surface area contributed by atoms with Gasteiger partial charge in [-0.1, -0.05) is 6.92 Å². The van der Waals surface area contributed by atoms with Crippen LogP contribution in [0.5, 0.6) is 0 Å². The van der Waals surface area contributed by atoms with Gasteiger partial charge < -0.3 is 10.0 Å². The molecule has 0 saturated carbocycles. The number of anilines is 1. The van der Waals surface area contributed by atoms with Crippen LogP contribution in [0.3, 0.4) is 0 Å². The lowest BCUT2D eigenvalue weighted by molar-refractivity contribution is -0.117. The molecule has 2 N–H and O–H groups in total. The first-order chi connectivity index (χ1) is 10.4. The first kappa shape index (κ1) is 16.9. The van der Waals surface area contributed by atoms with Crippen LogP contribution in [-0.2, 0) is 14.8 Å². The molecule has 0 aliphatic carbocycles. The van der Waals surface area contributed by atoms with Crippen molar-refractivity contribution < 1.29 is 18.3 Å². The second-order valence-electron chi connectivity index (χ2n) is 5.61. The van der Waals surface area contributed by atoms with Crippen molar-refractivity contribution in [2.45, 2.75) is 31.1 Å². The van der Waals surface area contributed by atoms with Crippen molar-refractivity contribution in [1.29, 1.82) is 0 Å². The molecule has 1 heterocycles. The summed E-state index contributed by atoms with van der Waals surface area (Å²) in [5.74, 6) is 0.146. The fourth-order valence-corrected chi connectivity index (χ4v) is 3.55. The Kier molecular flexibility index (Phi) is 5.55. The van der Waals surface area contributed by atoms with E-state index < -0.39 is 10.0 Å².